The van der Waals surface area contributed by atoms with Crippen LogP contribution in [0.2, 0.25) is 0 Å². The number of sulfonamides is 1. The fourth-order valence-electron chi connectivity index (χ4n) is 3.06. The molecule has 2 N–H and O–H groups in total. The summed E-state index contributed by atoms with van der Waals surface area (Å²) in [5.41, 5.74) is 0.331. The number of thioether (sulfide) groups is 1. The lowest BCUT2D eigenvalue weighted by Gasteiger charge is -2.25. The minimum absolute atomic E-state index is 0. The lowest BCUT2D eigenvalue weighted by molar-refractivity contribution is 0.0949. The maximum atomic E-state index is 12.3. The first kappa shape index (κ1) is 21.5. The van der Waals surface area contributed by atoms with Crippen molar-refractivity contribution in [3.8, 4) is 0 Å². The quantitative estimate of drug-likeness (QED) is 0.684. The van der Waals surface area contributed by atoms with Gasteiger partial charge in [-0.25, -0.2) is 12.7 Å². The molecule has 0 bridgehead atoms. The van der Waals surface area contributed by atoms with Crippen molar-refractivity contribution in [1.82, 2.24) is 24.7 Å². The Hall–Kier alpha value is -0.810. The maximum absolute atomic E-state index is 12.3. The molecule has 1 aromatic rings. The van der Waals surface area contributed by atoms with Crippen LogP contribution in [-0.4, -0.2) is 78.4 Å². The molecule has 0 saturated carbocycles. The van der Waals surface area contributed by atoms with E-state index < -0.39 is 10.0 Å². The number of carbonyl (C=O) groups excluding carboxylic acids is 1. The second kappa shape index (κ2) is 9.93. The Kier molecular flexibility index (Phi) is 8.21. The third-order valence-corrected chi connectivity index (χ3v) is 7.31. The molecule has 148 valence electrons. The van der Waals surface area contributed by atoms with Crippen LogP contribution in [0, 0.1) is 0 Å². The molecule has 2 fully saturated rings. The molecule has 1 aromatic heterocycles. The second-order valence-electron chi connectivity index (χ2n) is 6.26. The van der Waals surface area contributed by atoms with E-state index in [1.807, 2.05) is 10.9 Å². The minimum atomic E-state index is -3.30. The van der Waals surface area contributed by atoms with Crippen molar-refractivity contribution in [1.29, 1.82) is 0 Å². The molecule has 0 aliphatic carbocycles. The van der Waals surface area contributed by atoms with Gasteiger partial charge >= 0.3 is 0 Å². The third-order valence-electron chi connectivity index (χ3n) is 4.49. The Morgan fingerprint density at radius 1 is 1.38 bits per heavy atom. The van der Waals surface area contributed by atoms with Gasteiger partial charge in [0.25, 0.3) is 5.91 Å². The number of piperidine rings is 1. The lowest BCUT2D eigenvalue weighted by atomic mass is 10.1. The monoisotopic (exact) mass is 423 g/mol. The topological polar surface area (TPSA) is 96.3 Å². The number of carbonyl (C=O) groups is 1. The molecule has 11 heteroatoms. The number of nitrogens with zero attached hydrogens (tertiary/aromatic N) is 3. The first-order valence-electron chi connectivity index (χ1n) is 8.66. The van der Waals surface area contributed by atoms with Gasteiger partial charge in [-0.3, -0.25) is 9.48 Å². The molecule has 8 nitrogen and oxygen atoms in total. The van der Waals surface area contributed by atoms with Crippen LogP contribution in [0.25, 0.3) is 0 Å². The third kappa shape index (κ3) is 5.59. The number of aromatic nitrogens is 2. The summed E-state index contributed by atoms with van der Waals surface area (Å²) in [6.45, 7) is 3.09. The van der Waals surface area contributed by atoms with Gasteiger partial charge in [-0.15, -0.1) is 12.4 Å². The van der Waals surface area contributed by atoms with Gasteiger partial charge in [-0.05, 0) is 25.5 Å². The Balaban J connectivity index is 0.00000243. The van der Waals surface area contributed by atoms with E-state index in [9.17, 15) is 13.2 Å². The molecule has 1 atom stereocenters. The van der Waals surface area contributed by atoms with Crippen molar-refractivity contribution in [2.75, 3.05) is 50.0 Å². The van der Waals surface area contributed by atoms with Crippen LogP contribution >= 0.6 is 24.2 Å². The number of rotatable bonds is 6. The SMILES string of the molecule is Cl.O=C(NCCS(=O)(=O)N1CCSCC1)c1ccn(C2CCCNC2)n1. The summed E-state index contributed by atoms with van der Waals surface area (Å²) in [7, 11) is -3.30. The molecule has 2 saturated heterocycles. The first-order chi connectivity index (χ1) is 12.1. The van der Waals surface area contributed by atoms with Gasteiger partial charge in [0.2, 0.25) is 10.0 Å². The number of nitrogens with one attached hydrogen (secondary N) is 2. The number of hydrogen-bond donors (Lipinski definition) is 2. The molecule has 2 aliphatic rings. The zero-order valence-corrected chi connectivity index (χ0v) is 17.0. The zero-order valence-electron chi connectivity index (χ0n) is 14.6. The van der Waals surface area contributed by atoms with Crippen molar-refractivity contribution < 1.29 is 13.2 Å². The van der Waals surface area contributed by atoms with E-state index in [1.165, 1.54) is 4.31 Å². The fraction of sp³-hybridized carbons (Fsp3) is 0.733. The van der Waals surface area contributed by atoms with E-state index in [0.717, 1.165) is 37.4 Å². The van der Waals surface area contributed by atoms with E-state index >= 15 is 0 Å². The molecule has 0 aromatic carbocycles. The van der Waals surface area contributed by atoms with Crippen LogP contribution in [0.1, 0.15) is 29.4 Å². The summed E-state index contributed by atoms with van der Waals surface area (Å²) in [5, 5.41) is 10.3. The van der Waals surface area contributed by atoms with Gasteiger partial charge in [-0.1, -0.05) is 0 Å². The summed E-state index contributed by atoms with van der Waals surface area (Å²) >= 11 is 1.76. The van der Waals surface area contributed by atoms with Crippen molar-refractivity contribution in [3.05, 3.63) is 18.0 Å². The molecule has 26 heavy (non-hydrogen) atoms. The highest BCUT2D eigenvalue weighted by atomic mass is 35.5. The van der Waals surface area contributed by atoms with E-state index in [2.05, 4.69) is 15.7 Å². The molecular weight excluding hydrogens is 398 g/mol. The fourth-order valence-corrected chi connectivity index (χ4v) is 5.55. The van der Waals surface area contributed by atoms with Gasteiger partial charge in [0.15, 0.2) is 0 Å². The molecule has 1 amide bonds. The number of halogens is 1. The van der Waals surface area contributed by atoms with E-state index in [1.54, 1.807) is 17.8 Å². The molecular formula is C15H26ClN5O3S2. The summed E-state index contributed by atoms with van der Waals surface area (Å²) in [6, 6.07) is 1.95. The number of hydrogen-bond acceptors (Lipinski definition) is 6. The molecule has 3 heterocycles. The highest BCUT2D eigenvalue weighted by Crippen LogP contribution is 2.16. The van der Waals surface area contributed by atoms with Crippen LogP contribution in [-0.2, 0) is 10.0 Å². The van der Waals surface area contributed by atoms with Crippen molar-refractivity contribution in [3.63, 3.8) is 0 Å². The minimum Gasteiger partial charge on any atom is -0.350 e. The summed E-state index contributed by atoms with van der Waals surface area (Å²) in [6.07, 6.45) is 3.95. The van der Waals surface area contributed by atoms with Crippen LogP contribution in [0.15, 0.2) is 12.3 Å². The predicted molar refractivity (Wildman–Crippen MR) is 106 cm³/mol. The Bertz CT molecular complexity index is 685. The molecule has 1 unspecified atom stereocenters. The predicted octanol–water partition coefficient (Wildman–Crippen LogP) is 0.338. The van der Waals surface area contributed by atoms with E-state index in [4.69, 9.17) is 0 Å². The Morgan fingerprint density at radius 2 is 2.15 bits per heavy atom. The number of amides is 1. The second-order valence-corrected chi connectivity index (χ2v) is 9.58. The van der Waals surface area contributed by atoms with E-state index in [0.29, 0.717) is 18.8 Å². The zero-order chi connectivity index (χ0) is 17.7. The molecule has 0 spiro atoms. The normalized spacial score (nSPS) is 21.8. The van der Waals surface area contributed by atoms with Crippen molar-refractivity contribution in [2.45, 2.75) is 18.9 Å². The van der Waals surface area contributed by atoms with Gasteiger partial charge in [0.05, 0.1) is 11.8 Å². The van der Waals surface area contributed by atoms with Crippen molar-refractivity contribution >= 4 is 40.1 Å². The molecule has 2 aliphatic heterocycles. The molecule has 0 radical (unpaired) electrons. The van der Waals surface area contributed by atoms with Crippen LogP contribution < -0.4 is 10.6 Å². The first-order valence-corrected chi connectivity index (χ1v) is 11.4. The summed E-state index contributed by atoms with van der Waals surface area (Å²) < 4.78 is 27.8. The summed E-state index contributed by atoms with van der Waals surface area (Å²) in [5.74, 6) is 1.27. The highest BCUT2D eigenvalue weighted by molar-refractivity contribution is 7.99. The van der Waals surface area contributed by atoms with Crippen molar-refractivity contribution in [2.24, 2.45) is 0 Å². The average Bonchev–Trinajstić information content (AvgIpc) is 3.13. The standard InChI is InChI=1S/C15H25N5O3S2.ClH/c21-15(14-3-6-20(18-14)13-2-1-4-16-12-13)17-5-11-25(22,23)19-7-9-24-10-8-19;/h3,6,13,16H,1-2,4-5,7-12H2,(H,17,21);1H. The van der Waals surface area contributed by atoms with Crippen LogP contribution in [0.5, 0.6) is 0 Å². The average molecular weight is 424 g/mol. The van der Waals surface area contributed by atoms with Gasteiger partial charge in [0, 0.05) is 43.9 Å². The Labute approximate surface area is 164 Å². The van der Waals surface area contributed by atoms with E-state index in [-0.39, 0.29) is 36.7 Å². The van der Waals surface area contributed by atoms with Crippen LogP contribution in [0.3, 0.4) is 0 Å². The summed E-state index contributed by atoms with van der Waals surface area (Å²) in [4.78, 5) is 12.2. The molecule has 3 rings (SSSR count). The van der Waals surface area contributed by atoms with Gasteiger partial charge < -0.3 is 10.6 Å². The van der Waals surface area contributed by atoms with Gasteiger partial charge in [-0.2, -0.15) is 16.9 Å². The smallest absolute Gasteiger partial charge is 0.271 e. The largest absolute Gasteiger partial charge is 0.350 e. The van der Waals surface area contributed by atoms with Crippen LogP contribution in [0.4, 0.5) is 0 Å². The Morgan fingerprint density at radius 3 is 2.85 bits per heavy atom. The maximum Gasteiger partial charge on any atom is 0.271 e. The lowest BCUT2D eigenvalue weighted by Crippen LogP contribution is -2.42. The highest BCUT2D eigenvalue weighted by Gasteiger charge is 2.24. The van der Waals surface area contributed by atoms with Gasteiger partial charge in [0.1, 0.15) is 5.69 Å².